The predicted octanol–water partition coefficient (Wildman–Crippen LogP) is 2.15. The fourth-order valence-corrected chi connectivity index (χ4v) is 3.42. The summed E-state index contributed by atoms with van der Waals surface area (Å²) in [4.78, 5) is 16.8. The van der Waals surface area contributed by atoms with Crippen LogP contribution < -0.4 is 5.32 Å². The SMILES string of the molecule is CC(C)N1CCC(Cc2ccccc2)(NC(=O)CN(C)C)CC1. The summed E-state index contributed by atoms with van der Waals surface area (Å²) in [6.45, 7) is 7.04. The quantitative estimate of drug-likeness (QED) is 0.873. The van der Waals surface area contributed by atoms with Crippen LogP contribution in [0, 0.1) is 0 Å². The number of hydrogen-bond acceptors (Lipinski definition) is 3. The average Bonchev–Trinajstić information content (AvgIpc) is 2.47. The Labute approximate surface area is 140 Å². The van der Waals surface area contributed by atoms with Gasteiger partial charge in [-0.25, -0.2) is 0 Å². The zero-order valence-electron chi connectivity index (χ0n) is 15.0. The van der Waals surface area contributed by atoms with Gasteiger partial charge < -0.3 is 15.1 Å². The number of amides is 1. The van der Waals surface area contributed by atoms with E-state index in [0.717, 1.165) is 32.4 Å². The van der Waals surface area contributed by atoms with Gasteiger partial charge in [0.05, 0.1) is 6.54 Å². The van der Waals surface area contributed by atoms with Crippen molar-refractivity contribution in [2.24, 2.45) is 0 Å². The van der Waals surface area contributed by atoms with Gasteiger partial charge >= 0.3 is 0 Å². The Morgan fingerprint density at radius 2 is 1.83 bits per heavy atom. The smallest absolute Gasteiger partial charge is 0.234 e. The number of piperidine rings is 1. The van der Waals surface area contributed by atoms with Crippen LogP contribution in [0.1, 0.15) is 32.3 Å². The predicted molar refractivity (Wildman–Crippen MR) is 95.5 cm³/mol. The van der Waals surface area contributed by atoms with Crippen molar-refractivity contribution in [3.63, 3.8) is 0 Å². The summed E-state index contributed by atoms with van der Waals surface area (Å²) in [7, 11) is 3.87. The first kappa shape index (κ1) is 18.0. The number of carbonyl (C=O) groups excluding carboxylic acids is 1. The minimum atomic E-state index is -0.111. The van der Waals surface area contributed by atoms with Crippen LogP contribution in [0.4, 0.5) is 0 Å². The van der Waals surface area contributed by atoms with Gasteiger partial charge in [-0.3, -0.25) is 4.79 Å². The lowest BCUT2D eigenvalue weighted by Gasteiger charge is -2.44. The molecule has 1 heterocycles. The van der Waals surface area contributed by atoms with Gasteiger partial charge in [-0.2, -0.15) is 0 Å². The molecular weight excluding hydrogens is 286 g/mol. The normalized spacial score (nSPS) is 18.3. The maximum absolute atomic E-state index is 12.4. The molecule has 1 aromatic carbocycles. The standard InChI is InChI=1S/C19H31N3O/c1-16(2)22-12-10-19(11-13-22,20-18(23)15-21(3)4)14-17-8-6-5-7-9-17/h5-9,16H,10-15H2,1-4H3,(H,20,23). The van der Waals surface area contributed by atoms with Gasteiger partial charge in [-0.05, 0) is 52.8 Å². The number of likely N-dealkylation sites (N-methyl/N-ethyl adjacent to an activating group) is 1. The highest BCUT2D eigenvalue weighted by Crippen LogP contribution is 2.27. The van der Waals surface area contributed by atoms with E-state index in [1.807, 2.05) is 25.1 Å². The molecule has 0 bridgehead atoms. The highest BCUT2D eigenvalue weighted by Gasteiger charge is 2.36. The Balaban J connectivity index is 2.10. The molecule has 0 aliphatic carbocycles. The number of carbonyl (C=O) groups is 1. The lowest BCUT2D eigenvalue weighted by Crippen LogP contribution is -2.58. The molecule has 1 amide bonds. The molecule has 0 unspecified atom stereocenters. The molecule has 1 aliphatic rings. The summed E-state index contributed by atoms with van der Waals surface area (Å²) in [5.41, 5.74) is 1.19. The van der Waals surface area contributed by atoms with E-state index in [4.69, 9.17) is 0 Å². The van der Waals surface area contributed by atoms with Crippen molar-refractivity contribution < 1.29 is 4.79 Å². The minimum Gasteiger partial charge on any atom is -0.349 e. The van der Waals surface area contributed by atoms with Crippen LogP contribution in [0.3, 0.4) is 0 Å². The Hall–Kier alpha value is -1.39. The molecule has 4 nitrogen and oxygen atoms in total. The molecule has 0 spiro atoms. The average molecular weight is 317 g/mol. The third kappa shape index (κ3) is 5.33. The van der Waals surface area contributed by atoms with Gasteiger partial charge in [0.25, 0.3) is 0 Å². The maximum Gasteiger partial charge on any atom is 0.234 e. The topological polar surface area (TPSA) is 35.6 Å². The zero-order valence-corrected chi connectivity index (χ0v) is 15.0. The molecule has 1 saturated heterocycles. The first-order chi connectivity index (χ1) is 10.9. The van der Waals surface area contributed by atoms with E-state index in [2.05, 4.69) is 48.3 Å². The molecule has 1 fully saturated rings. The van der Waals surface area contributed by atoms with E-state index < -0.39 is 0 Å². The van der Waals surface area contributed by atoms with Crippen LogP contribution in [0.25, 0.3) is 0 Å². The second kappa shape index (κ2) is 7.93. The Bertz CT molecular complexity index is 491. The monoisotopic (exact) mass is 317 g/mol. The molecule has 0 aromatic heterocycles. The highest BCUT2D eigenvalue weighted by molar-refractivity contribution is 5.78. The Kier molecular flexibility index (Phi) is 6.19. The first-order valence-electron chi connectivity index (χ1n) is 8.64. The summed E-state index contributed by atoms with van der Waals surface area (Å²) in [5, 5.41) is 3.36. The number of likely N-dealkylation sites (tertiary alicyclic amines) is 1. The third-order valence-electron chi connectivity index (χ3n) is 4.74. The molecule has 23 heavy (non-hydrogen) atoms. The molecule has 128 valence electrons. The maximum atomic E-state index is 12.4. The summed E-state index contributed by atoms with van der Waals surface area (Å²) < 4.78 is 0. The molecule has 1 aliphatic heterocycles. The molecule has 2 rings (SSSR count). The van der Waals surface area contributed by atoms with Crippen molar-refractivity contribution >= 4 is 5.91 Å². The van der Waals surface area contributed by atoms with E-state index in [1.165, 1.54) is 5.56 Å². The second-order valence-corrected chi connectivity index (χ2v) is 7.36. The summed E-state index contributed by atoms with van der Waals surface area (Å²) >= 11 is 0. The van der Waals surface area contributed by atoms with Crippen LogP contribution in [-0.2, 0) is 11.2 Å². The molecule has 1 N–H and O–H groups in total. The Morgan fingerprint density at radius 3 is 2.35 bits per heavy atom. The van der Waals surface area contributed by atoms with Crippen LogP contribution in [-0.4, -0.2) is 61.0 Å². The van der Waals surface area contributed by atoms with Crippen molar-refractivity contribution in [1.29, 1.82) is 0 Å². The van der Waals surface area contributed by atoms with Gasteiger partial charge in [0, 0.05) is 24.7 Å². The van der Waals surface area contributed by atoms with E-state index in [1.54, 1.807) is 0 Å². The fourth-order valence-electron chi connectivity index (χ4n) is 3.42. The van der Waals surface area contributed by atoms with Crippen molar-refractivity contribution in [2.75, 3.05) is 33.7 Å². The zero-order chi connectivity index (χ0) is 16.9. The van der Waals surface area contributed by atoms with Crippen LogP contribution in [0.2, 0.25) is 0 Å². The number of benzene rings is 1. The van der Waals surface area contributed by atoms with Crippen molar-refractivity contribution in [3.05, 3.63) is 35.9 Å². The van der Waals surface area contributed by atoms with Gasteiger partial charge in [0.15, 0.2) is 0 Å². The second-order valence-electron chi connectivity index (χ2n) is 7.36. The Morgan fingerprint density at radius 1 is 1.22 bits per heavy atom. The number of hydrogen-bond donors (Lipinski definition) is 1. The number of nitrogens with zero attached hydrogens (tertiary/aromatic N) is 2. The van der Waals surface area contributed by atoms with Crippen molar-refractivity contribution in [1.82, 2.24) is 15.1 Å². The molecule has 4 heteroatoms. The van der Waals surface area contributed by atoms with Crippen molar-refractivity contribution in [3.8, 4) is 0 Å². The van der Waals surface area contributed by atoms with Gasteiger partial charge in [-0.1, -0.05) is 30.3 Å². The lowest BCUT2D eigenvalue weighted by molar-refractivity contribution is -0.124. The first-order valence-corrected chi connectivity index (χ1v) is 8.64. The van der Waals surface area contributed by atoms with Gasteiger partial charge in [0.2, 0.25) is 5.91 Å². The largest absolute Gasteiger partial charge is 0.349 e. The summed E-state index contributed by atoms with van der Waals surface area (Å²) in [6.07, 6.45) is 2.94. The number of rotatable bonds is 6. The fraction of sp³-hybridized carbons (Fsp3) is 0.632. The lowest BCUT2D eigenvalue weighted by atomic mass is 9.81. The summed E-state index contributed by atoms with van der Waals surface area (Å²) in [5.74, 6) is 0.129. The van der Waals surface area contributed by atoms with E-state index in [0.29, 0.717) is 12.6 Å². The number of nitrogens with one attached hydrogen (secondary N) is 1. The van der Waals surface area contributed by atoms with Crippen molar-refractivity contribution in [2.45, 2.75) is 44.7 Å². The molecule has 0 atom stereocenters. The molecule has 0 saturated carbocycles. The van der Waals surface area contributed by atoms with E-state index in [9.17, 15) is 4.79 Å². The molecule has 0 radical (unpaired) electrons. The summed E-state index contributed by atoms with van der Waals surface area (Å²) in [6, 6.07) is 11.1. The molecule has 1 aromatic rings. The molecular formula is C19H31N3O. The van der Waals surface area contributed by atoms with Gasteiger partial charge in [0.1, 0.15) is 0 Å². The van der Waals surface area contributed by atoms with Crippen LogP contribution in [0.5, 0.6) is 0 Å². The van der Waals surface area contributed by atoms with Crippen LogP contribution >= 0.6 is 0 Å². The minimum absolute atomic E-state index is 0.111. The van der Waals surface area contributed by atoms with Crippen LogP contribution in [0.15, 0.2) is 30.3 Å². The van der Waals surface area contributed by atoms with E-state index >= 15 is 0 Å². The van der Waals surface area contributed by atoms with Gasteiger partial charge in [-0.15, -0.1) is 0 Å². The highest BCUT2D eigenvalue weighted by atomic mass is 16.2. The third-order valence-corrected chi connectivity index (χ3v) is 4.74. The van der Waals surface area contributed by atoms with E-state index in [-0.39, 0.29) is 11.4 Å².